The molecule has 5 heteroatoms. The first-order chi connectivity index (χ1) is 13.4. The number of nitrogens with zero attached hydrogens (tertiary/aromatic N) is 2. The van der Waals surface area contributed by atoms with Gasteiger partial charge in [0.2, 0.25) is 5.88 Å². The Morgan fingerprint density at radius 1 is 1.00 bits per heavy atom. The second kappa shape index (κ2) is 9.02. The van der Waals surface area contributed by atoms with E-state index in [9.17, 15) is 0 Å². The van der Waals surface area contributed by atoms with E-state index in [1.54, 1.807) is 11.8 Å². The maximum atomic E-state index is 6.02. The molecule has 0 bridgehead atoms. The molecular weight excluding hydrogens is 354 g/mol. The molecule has 2 aromatic carbocycles. The number of hydrogen-bond donors (Lipinski definition) is 1. The van der Waals surface area contributed by atoms with E-state index in [0.29, 0.717) is 18.5 Å². The summed E-state index contributed by atoms with van der Waals surface area (Å²) < 4.78 is 6.02. The zero-order valence-corrected chi connectivity index (χ0v) is 16.0. The van der Waals surface area contributed by atoms with Crippen LogP contribution in [0.15, 0.2) is 71.9 Å². The Hall–Kier alpha value is -2.37. The van der Waals surface area contributed by atoms with Gasteiger partial charge in [-0.1, -0.05) is 72.4 Å². The van der Waals surface area contributed by atoms with Crippen LogP contribution in [0.1, 0.15) is 18.4 Å². The van der Waals surface area contributed by atoms with Crippen molar-refractivity contribution in [3.63, 3.8) is 0 Å². The predicted molar refractivity (Wildman–Crippen MR) is 110 cm³/mol. The number of ether oxygens (including phenoxy) is 1. The minimum Gasteiger partial charge on any atom is -0.476 e. The number of hydrogen-bond acceptors (Lipinski definition) is 5. The molecule has 138 valence electrons. The van der Waals surface area contributed by atoms with Gasteiger partial charge >= 0.3 is 0 Å². The SMILES string of the molecule is c1ccc(CSc2nc(OCC3CCCN3)cc(-c3ccccc3)n2)cc1. The number of thioether (sulfide) groups is 1. The van der Waals surface area contributed by atoms with Crippen LogP contribution in [0.5, 0.6) is 5.88 Å². The van der Waals surface area contributed by atoms with Gasteiger partial charge in [-0.05, 0) is 24.9 Å². The van der Waals surface area contributed by atoms with Crippen LogP contribution in [-0.2, 0) is 5.75 Å². The number of benzene rings is 2. The molecule has 0 radical (unpaired) electrons. The maximum Gasteiger partial charge on any atom is 0.217 e. The molecule has 0 aliphatic carbocycles. The Kier molecular flexibility index (Phi) is 6.02. The molecule has 2 heterocycles. The van der Waals surface area contributed by atoms with E-state index in [1.165, 1.54) is 12.0 Å². The normalized spacial score (nSPS) is 16.4. The van der Waals surface area contributed by atoms with Crippen LogP contribution in [0.25, 0.3) is 11.3 Å². The highest BCUT2D eigenvalue weighted by atomic mass is 32.2. The van der Waals surface area contributed by atoms with Gasteiger partial charge in [-0.3, -0.25) is 0 Å². The smallest absolute Gasteiger partial charge is 0.217 e. The summed E-state index contributed by atoms with van der Waals surface area (Å²) in [5.41, 5.74) is 3.23. The van der Waals surface area contributed by atoms with Gasteiger partial charge < -0.3 is 10.1 Å². The lowest BCUT2D eigenvalue weighted by molar-refractivity contribution is 0.265. The maximum absolute atomic E-state index is 6.02. The summed E-state index contributed by atoms with van der Waals surface area (Å²) in [4.78, 5) is 9.39. The highest BCUT2D eigenvalue weighted by molar-refractivity contribution is 7.98. The van der Waals surface area contributed by atoms with Gasteiger partial charge in [0.05, 0.1) is 5.69 Å². The van der Waals surface area contributed by atoms with E-state index in [2.05, 4.69) is 46.7 Å². The summed E-state index contributed by atoms with van der Waals surface area (Å²) in [5.74, 6) is 1.48. The van der Waals surface area contributed by atoms with Crippen LogP contribution < -0.4 is 10.1 Å². The van der Waals surface area contributed by atoms with Crippen LogP contribution >= 0.6 is 11.8 Å². The van der Waals surface area contributed by atoms with Crippen molar-refractivity contribution in [2.75, 3.05) is 13.2 Å². The fraction of sp³-hybridized carbons (Fsp3) is 0.273. The van der Waals surface area contributed by atoms with Crippen molar-refractivity contribution in [3.8, 4) is 17.1 Å². The van der Waals surface area contributed by atoms with Gasteiger partial charge in [-0.15, -0.1) is 0 Å². The average Bonchev–Trinajstić information content (AvgIpc) is 3.26. The fourth-order valence-corrected chi connectivity index (χ4v) is 3.91. The van der Waals surface area contributed by atoms with E-state index < -0.39 is 0 Å². The number of nitrogens with one attached hydrogen (secondary N) is 1. The molecule has 1 unspecified atom stereocenters. The minimum atomic E-state index is 0.417. The van der Waals surface area contributed by atoms with E-state index in [1.807, 2.05) is 30.3 Å². The summed E-state index contributed by atoms with van der Waals surface area (Å²) in [6.07, 6.45) is 2.37. The molecule has 0 spiro atoms. The molecule has 0 saturated carbocycles. The molecule has 4 rings (SSSR count). The molecule has 4 nitrogen and oxygen atoms in total. The lowest BCUT2D eigenvalue weighted by Gasteiger charge is -2.13. The van der Waals surface area contributed by atoms with Crippen molar-refractivity contribution in [3.05, 3.63) is 72.3 Å². The first-order valence-corrected chi connectivity index (χ1v) is 10.3. The molecule has 1 aliphatic heterocycles. The monoisotopic (exact) mass is 377 g/mol. The molecule has 1 saturated heterocycles. The first-order valence-electron chi connectivity index (χ1n) is 9.34. The minimum absolute atomic E-state index is 0.417. The number of rotatable bonds is 7. The summed E-state index contributed by atoms with van der Waals surface area (Å²) in [7, 11) is 0. The van der Waals surface area contributed by atoms with Gasteiger partial charge in [0, 0.05) is 23.4 Å². The van der Waals surface area contributed by atoms with E-state index in [-0.39, 0.29) is 0 Å². The van der Waals surface area contributed by atoms with Crippen molar-refractivity contribution in [2.45, 2.75) is 29.8 Å². The predicted octanol–water partition coefficient (Wildman–Crippen LogP) is 4.57. The Balaban J connectivity index is 1.53. The van der Waals surface area contributed by atoms with Gasteiger partial charge in [0.25, 0.3) is 0 Å². The Morgan fingerprint density at radius 2 is 1.78 bits per heavy atom. The lowest BCUT2D eigenvalue weighted by atomic mass is 10.1. The van der Waals surface area contributed by atoms with Gasteiger partial charge in [0.15, 0.2) is 5.16 Å². The third-order valence-electron chi connectivity index (χ3n) is 4.56. The van der Waals surface area contributed by atoms with Crippen LogP contribution in [0.4, 0.5) is 0 Å². The average molecular weight is 378 g/mol. The fourth-order valence-electron chi connectivity index (χ4n) is 3.11. The van der Waals surface area contributed by atoms with Crippen molar-refractivity contribution < 1.29 is 4.74 Å². The second-order valence-corrected chi connectivity index (χ2v) is 7.56. The molecule has 27 heavy (non-hydrogen) atoms. The molecule has 1 aromatic heterocycles. The molecule has 1 aliphatic rings. The summed E-state index contributed by atoms with van der Waals surface area (Å²) in [5, 5.41) is 4.21. The summed E-state index contributed by atoms with van der Waals surface area (Å²) in [6, 6.07) is 22.9. The standard InChI is InChI=1S/C22H23N3OS/c1-3-8-17(9-4-1)16-27-22-24-20(18-10-5-2-6-11-18)14-21(25-22)26-15-19-12-7-13-23-19/h1-6,8-11,14,19,23H,7,12-13,15-16H2. The first kappa shape index (κ1) is 18.0. The number of aromatic nitrogens is 2. The van der Waals surface area contributed by atoms with Crippen molar-refractivity contribution in [2.24, 2.45) is 0 Å². The Labute approximate surface area is 164 Å². The van der Waals surface area contributed by atoms with Crippen molar-refractivity contribution in [1.29, 1.82) is 0 Å². The van der Waals surface area contributed by atoms with Crippen LogP contribution in [0.2, 0.25) is 0 Å². The zero-order chi connectivity index (χ0) is 18.3. The molecule has 1 atom stereocenters. The highest BCUT2D eigenvalue weighted by Crippen LogP contribution is 2.27. The van der Waals surface area contributed by atoms with Crippen molar-refractivity contribution in [1.82, 2.24) is 15.3 Å². The van der Waals surface area contributed by atoms with E-state index in [0.717, 1.165) is 35.1 Å². The van der Waals surface area contributed by atoms with Crippen LogP contribution in [0, 0.1) is 0 Å². The van der Waals surface area contributed by atoms with Gasteiger partial charge in [0.1, 0.15) is 6.61 Å². The molecule has 1 fully saturated rings. The highest BCUT2D eigenvalue weighted by Gasteiger charge is 2.16. The lowest BCUT2D eigenvalue weighted by Crippen LogP contribution is -2.28. The zero-order valence-electron chi connectivity index (χ0n) is 15.2. The van der Waals surface area contributed by atoms with E-state index in [4.69, 9.17) is 9.72 Å². The molecule has 3 aromatic rings. The molecular formula is C22H23N3OS. The Bertz CT molecular complexity index is 852. The second-order valence-electron chi connectivity index (χ2n) is 6.62. The van der Waals surface area contributed by atoms with Gasteiger partial charge in [-0.2, -0.15) is 4.98 Å². The quantitative estimate of drug-likeness (QED) is 0.483. The molecule has 0 amide bonds. The van der Waals surface area contributed by atoms with Crippen LogP contribution in [0.3, 0.4) is 0 Å². The van der Waals surface area contributed by atoms with E-state index >= 15 is 0 Å². The summed E-state index contributed by atoms with van der Waals surface area (Å²) in [6.45, 7) is 1.72. The third-order valence-corrected chi connectivity index (χ3v) is 5.48. The largest absolute Gasteiger partial charge is 0.476 e. The van der Waals surface area contributed by atoms with Crippen molar-refractivity contribution >= 4 is 11.8 Å². The topological polar surface area (TPSA) is 47.0 Å². The van der Waals surface area contributed by atoms with Gasteiger partial charge in [-0.25, -0.2) is 4.98 Å². The summed E-state index contributed by atoms with van der Waals surface area (Å²) >= 11 is 1.64. The van der Waals surface area contributed by atoms with Crippen LogP contribution in [-0.4, -0.2) is 29.2 Å². The molecule has 1 N–H and O–H groups in total. The Morgan fingerprint density at radius 3 is 2.52 bits per heavy atom. The third kappa shape index (κ3) is 5.08.